The summed E-state index contributed by atoms with van der Waals surface area (Å²) in [5.74, 6) is 1.66. The second-order valence-electron chi connectivity index (χ2n) is 14.9. The van der Waals surface area contributed by atoms with Gasteiger partial charge in [0.15, 0.2) is 0 Å². The molecule has 0 amide bonds. The van der Waals surface area contributed by atoms with E-state index in [0.717, 1.165) is 39.5 Å². The van der Waals surface area contributed by atoms with E-state index in [0.29, 0.717) is 0 Å². The van der Waals surface area contributed by atoms with Gasteiger partial charge in [-0.15, -0.1) is 0 Å². The molecule has 0 saturated carbocycles. The Bertz CT molecular complexity index is 3290. The molecule has 0 aliphatic carbocycles. The fourth-order valence-electron chi connectivity index (χ4n) is 9.64. The number of rotatable bonds is 5. The summed E-state index contributed by atoms with van der Waals surface area (Å²) < 4.78 is 10.1. The maximum atomic E-state index is 5.76. The first-order chi connectivity index (χ1) is 28.3. The van der Waals surface area contributed by atoms with Crippen LogP contribution in [0.4, 0.5) is 0 Å². The summed E-state index contributed by atoms with van der Waals surface area (Å²) in [7, 11) is 0. The molecular formula is C52H34GeN4. The van der Waals surface area contributed by atoms with Crippen LogP contribution in [-0.4, -0.2) is 32.4 Å². The molecule has 266 valence electrons. The van der Waals surface area contributed by atoms with Gasteiger partial charge in [0.05, 0.1) is 0 Å². The second-order valence-corrected chi connectivity index (χ2v) is 22.6. The van der Waals surface area contributed by atoms with Gasteiger partial charge in [0.2, 0.25) is 0 Å². The van der Waals surface area contributed by atoms with E-state index >= 15 is 0 Å². The third-order valence-electron chi connectivity index (χ3n) is 12.0. The second kappa shape index (κ2) is 12.5. The minimum atomic E-state index is -3.74. The number of hydrogen-bond donors (Lipinski definition) is 0. The van der Waals surface area contributed by atoms with Crippen LogP contribution in [0.5, 0.6) is 0 Å². The van der Waals surface area contributed by atoms with Gasteiger partial charge < -0.3 is 0 Å². The van der Waals surface area contributed by atoms with Crippen molar-refractivity contribution in [1.82, 2.24) is 19.1 Å². The van der Waals surface area contributed by atoms with Gasteiger partial charge in [0.1, 0.15) is 0 Å². The molecule has 12 rings (SSSR count). The minimum absolute atomic E-state index is 0.742. The van der Waals surface area contributed by atoms with Gasteiger partial charge in [-0.05, 0) is 0 Å². The van der Waals surface area contributed by atoms with Crippen molar-refractivity contribution in [3.05, 3.63) is 206 Å². The first-order valence-corrected chi connectivity index (χ1v) is 23.7. The molecule has 1 aliphatic heterocycles. The van der Waals surface area contributed by atoms with Crippen LogP contribution in [0.15, 0.2) is 206 Å². The van der Waals surface area contributed by atoms with Crippen molar-refractivity contribution in [2.75, 3.05) is 0 Å². The van der Waals surface area contributed by atoms with Crippen LogP contribution in [0, 0.1) is 0 Å². The van der Waals surface area contributed by atoms with E-state index in [2.05, 4.69) is 215 Å². The zero-order valence-corrected chi connectivity index (χ0v) is 33.0. The molecule has 0 unspecified atom stereocenters. The summed E-state index contributed by atoms with van der Waals surface area (Å²) in [5.41, 5.74) is 9.13. The van der Waals surface area contributed by atoms with Crippen LogP contribution in [0.1, 0.15) is 0 Å². The van der Waals surface area contributed by atoms with Crippen molar-refractivity contribution in [1.29, 1.82) is 0 Å². The van der Waals surface area contributed by atoms with Gasteiger partial charge in [-0.3, -0.25) is 0 Å². The average Bonchev–Trinajstić information content (AvgIpc) is 3.90. The monoisotopic (exact) mass is 788 g/mol. The molecule has 5 heteroatoms. The van der Waals surface area contributed by atoms with Crippen molar-refractivity contribution in [3.8, 4) is 34.0 Å². The van der Waals surface area contributed by atoms with E-state index in [4.69, 9.17) is 9.97 Å². The third-order valence-corrected chi connectivity index (χ3v) is 21.9. The van der Waals surface area contributed by atoms with Crippen molar-refractivity contribution in [2.45, 2.75) is 0 Å². The van der Waals surface area contributed by atoms with Crippen LogP contribution >= 0.6 is 0 Å². The first kappa shape index (κ1) is 32.2. The summed E-state index contributed by atoms with van der Waals surface area (Å²) in [6.07, 6.45) is 0. The van der Waals surface area contributed by atoms with Crippen LogP contribution in [0.3, 0.4) is 0 Å². The number of fused-ring (bicyclic) bond motifs is 9. The first-order valence-electron chi connectivity index (χ1n) is 19.5. The molecule has 0 N–H and O–H groups in total. The fourth-order valence-corrected chi connectivity index (χ4v) is 20.1. The molecule has 0 bridgehead atoms. The van der Waals surface area contributed by atoms with Crippen molar-refractivity contribution in [3.63, 3.8) is 0 Å². The molecule has 4 nitrogen and oxygen atoms in total. The number of nitrogens with zero attached hydrogens (tertiary/aromatic N) is 4. The van der Waals surface area contributed by atoms with E-state index in [1.165, 1.54) is 55.9 Å². The number of aromatic nitrogens is 4. The van der Waals surface area contributed by atoms with Crippen LogP contribution in [0.2, 0.25) is 0 Å². The SMILES string of the molecule is c1ccc(-c2nc(-n3c4ccccc4c4cc5c(cc43)c3ccccc3n5-c3ccccc3)c3[c](n2)[Ge]([c]2ccccc2)([c]2ccccc2)[c]2ccccc2-3)cc1. The number of para-hydroxylation sites is 3. The van der Waals surface area contributed by atoms with Gasteiger partial charge in [0, 0.05) is 0 Å². The molecule has 1 aliphatic rings. The summed E-state index contributed by atoms with van der Waals surface area (Å²) >= 11 is -3.74. The normalized spacial score (nSPS) is 13.1. The molecule has 0 saturated heterocycles. The maximum absolute atomic E-state index is 5.76. The Morgan fingerprint density at radius 2 is 0.877 bits per heavy atom. The van der Waals surface area contributed by atoms with Gasteiger partial charge >= 0.3 is 328 Å². The molecule has 4 heterocycles. The van der Waals surface area contributed by atoms with Crippen LogP contribution in [0.25, 0.3) is 77.6 Å². The molecule has 8 aromatic carbocycles. The fraction of sp³-hybridized carbons (Fsp3) is 0. The molecule has 3 aromatic heterocycles. The summed E-state index contributed by atoms with van der Waals surface area (Å²) in [6.45, 7) is 0. The Morgan fingerprint density at radius 3 is 1.51 bits per heavy atom. The topological polar surface area (TPSA) is 35.6 Å². The molecule has 0 atom stereocenters. The average molecular weight is 787 g/mol. The van der Waals surface area contributed by atoms with Crippen molar-refractivity contribution >= 4 is 74.6 Å². The Labute approximate surface area is 332 Å². The Morgan fingerprint density at radius 1 is 0.386 bits per heavy atom. The van der Waals surface area contributed by atoms with Gasteiger partial charge in [0.25, 0.3) is 0 Å². The summed E-state index contributed by atoms with van der Waals surface area (Å²) in [4.78, 5) is 11.4. The Kier molecular flexibility index (Phi) is 7.07. The third kappa shape index (κ3) is 4.56. The van der Waals surface area contributed by atoms with Crippen molar-refractivity contribution in [2.24, 2.45) is 0 Å². The van der Waals surface area contributed by atoms with Crippen LogP contribution in [-0.2, 0) is 0 Å². The zero-order valence-electron chi connectivity index (χ0n) is 30.9. The number of hydrogen-bond acceptors (Lipinski definition) is 2. The molecule has 0 fully saturated rings. The van der Waals surface area contributed by atoms with Crippen LogP contribution < -0.4 is 17.7 Å². The molecule has 57 heavy (non-hydrogen) atoms. The number of benzene rings is 8. The van der Waals surface area contributed by atoms with Crippen molar-refractivity contribution < 1.29 is 0 Å². The van der Waals surface area contributed by atoms with E-state index in [-0.39, 0.29) is 0 Å². The van der Waals surface area contributed by atoms with E-state index in [1.54, 1.807) is 0 Å². The predicted molar refractivity (Wildman–Crippen MR) is 239 cm³/mol. The van der Waals surface area contributed by atoms with Gasteiger partial charge in [-0.2, -0.15) is 0 Å². The zero-order chi connectivity index (χ0) is 37.5. The van der Waals surface area contributed by atoms with E-state index in [1.807, 2.05) is 0 Å². The van der Waals surface area contributed by atoms with Gasteiger partial charge in [-0.25, -0.2) is 0 Å². The standard InChI is InChI=1S/C52H34GeN4/c1-5-19-35(20-6-1)51-54-50-49(41-29-13-16-30-44(41)53(50,36-21-7-2-8-22-36)37-23-9-3-10-24-37)52(55-51)57-46-32-18-15-28-40(46)43-33-47-42(34-48(43)57)39-27-14-17-31-45(39)56(47)38-25-11-4-12-26-38/h1-34H. The molecule has 11 aromatic rings. The quantitative estimate of drug-likeness (QED) is 0.163. The summed E-state index contributed by atoms with van der Waals surface area (Å²) in [6, 6.07) is 75.1. The molecule has 0 radical (unpaired) electrons. The van der Waals surface area contributed by atoms with Gasteiger partial charge in [-0.1, -0.05) is 6.07 Å². The Hall–Kier alpha value is -7.02. The molecule has 0 spiro atoms. The molecular weight excluding hydrogens is 753 g/mol. The summed E-state index contributed by atoms with van der Waals surface area (Å²) in [5, 5.41) is 4.82. The predicted octanol–water partition coefficient (Wildman–Crippen LogP) is 9.70. The van der Waals surface area contributed by atoms with E-state index < -0.39 is 13.3 Å². The Balaban J connectivity index is 1.27. The van der Waals surface area contributed by atoms with E-state index in [9.17, 15) is 0 Å².